The van der Waals surface area contributed by atoms with Crippen LogP contribution in [0.1, 0.15) is 24.8 Å². The van der Waals surface area contributed by atoms with Crippen molar-refractivity contribution in [3.8, 4) is 5.75 Å². The summed E-state index contributed by atoms with van der Waals surface area (Å²) < 4.78 is 0. The Morgan fingerprint density at radius 1 is 1.26 bits per heavy atom. The number of phenolic OH excluding ortho intramolecular Hbond substituents is 1. The summed E-state index contributed by atoms with van der Waals surface area (Å²) in [6.07, 6.45) is 3.95. The predicted molar refractivity (Wildman–Crippen MR) is 76.4 cm³/mol. The molecule has 1 aromatic rings. The van der Waals surface area contributed by atoms with Crippen LogP contribution in [0.5, 0.6) is 5.75 Å². The molecule has 4 nitrogen and oxygen atoms in total. The van der Waals surface area contributed by atoms with Crippen molar-refractivity contribution in [1.29, 1.82) is 0 Å². The lowest BCUT2D eigenvalue weighted by atomic mass is 9.94. The Labute approximate surface area is 114 Å². The first-order valence-corrected chi connectivity index (χ1v) is 7.10. The third kappa shape index (κ3) is 4.82. The van der Waals surface area contributed by atoms with Crippen LogP contribution in [0.3, 0.4) is 0 Å². The number of β-amino-alcohol motifs (C(OH)–C–C–N with tert-alkyl or cyclic N) is 1. The molecule has 0 aliphatic carbocycles. The van der Waals surface area contributed by atoms with E-state index in [1.165, 1.54) is 5.56 Å². The van der Waals surface area contributed by atoms with E-state index in [2.05, 4.69) is 10.6 Å². The van der Waals surface area contributed by atoms with Crippen LogP contribution in [0.25, 0.3) is 0 Å². The summed E-state index contributed by atoms with van der Waals surface area (Å²) in [5.74, 6) is 0.314. The highest BCUT2D eigenvalue weighted by molar-refractivity contribution is 5.25. The molecule has 1 saturated heterocycles. The van der Waals surface area contributed by atoms with Crippen LogP contribution in [0.2, 0.25) is 0 Å². The highest BCUT2D eigenvalue weighted by Gasteiger charge is 2.28. The van der Waals surface area contributed by atoms with Crippen molar-refractivity contribution < 1.29 is 10.2 Å². The van der Waals surface area contributed by atoms with E-state index in [-0.39, 0.29) is 0 Å². The second kappa shape index (κ2) is 6.89. The van der Waals surface area contributed by atoms with Gasteiger partial charge < -0.3 is 20.8 Å². The van der Waals surface area contributed by atoms with Crippen LogP contribution >= 0.6 is 0 Å². The summed E-state index contributed by atoms with van der Waals surface area (Å²) in [5.41, 5.74) is 0.661. The summed E-state index contributed by atoms with van der Waals surface area (Å²) in [6.45, 7) is 3.28. The molecule has 0 saturated carbocycles. The van der Waals surface area contributed by atoms with Crippen LogP contribution in [0, 0.1) is 0 Å². The fraction of sp³-hybridized carbons (Fsp3) is 0.600. The minimum absolute atomic E-state index is 0.314. The molecule has 0 spiro atoms. The maximum atomic E-state index is 10.3. The summed E-state index contributed by atoms with van der Waals surface area (Å²) in [5, 5.41) is 26.0. The molecule has 0 aromatic heterocycles. The number of aliphatic hydroxyl groups is 1. The maximum absolute atomic E-state index is 10.3. The van der Waals surface area contributed by atoms with Gasteiger partial charge in [-0.1, -0.05) is 12.1 Å². The third-order valence-electron chi connectivity index (χ3n) is 3.66. The monoisotopic (exact) mass is 264 g/mol. The third-order valence-corrected chi connectivity index (χ3v) is 3.66. The highest BCUT2D eigenvalue weighted by atomic mass is 16.3. The van der Waals surface area contributed by atoms with Crippen molar-refractivity contribution in [2.24, 2.45) is 0 Å². The predicted octanol–water partition coefficient (Wildman–Crippen LogP) is 1.03. The molecule has 4 heteroatoms. The SMILES string of the molecule is Oc1ccc(CCCNC[C@@]2(O)CCCNC2)cc1. The molecule has 0 unspecified atom stereocenters. The molecule has 4 N–H and O–H groups in total. The average Bonchev–Trinajstić information content (AvgIpc) is 2.41. The van der Waals surface area contributed by atoms with Gasteiger partial charge in [0.1, 0.15) is 5.75 Å². The zero-order valence-electron chi connectivity index (χ0n) is 11.4. The van der Waals surface area contributed by atoms with Gasteiger partial charge in [-0.05, 0) is 56.5 Å². The van der Waals surface area contributed by atoms with E-state index in [9.17, 15) is 10.2 Å². The summed E-state index contributed by atoms with van der Waals surface area (Å²) in [6, 6.07) is 7.35. The van der Waals surface area contributed by atoms with E-state index in [0.717, 1.165) is 38.8 Å². The number of hydrogen-bond acceptors (Lipinski definition) is 4. The minimum atomic E-state index is -0.573. The maximum Gasteiger partial charge on any atom is 0.115 e. The smallest absolute Gasteiger partial charge is 0.115 e. The zero-order valence-corrected chi connectivity index (χ0v) is 11.4. The van der Waals surface area contributed by atoms with Gasteiger partial charge in [-0.2, -0.15) is 0 Å². The Bertz CT molecular complexity index is 372. The van der Waals surface area contributed by atoms with Gasteiger partial charge in [0.05, 0.1) is 5.60 Å². The van der Waals surface area contributed by atoms with Gasteiger partial charge in [0.15, 0.2) is 0 Å². The van der Waals surface area contributed by atoms with Crippen molar-refractivity contribution in [1.82, 2.24) is 10.6 Å². The van der Waals surface area contributed by atoms with Crippen molar-refractivity contribution in [3.05, 3.63) is 29.8 Å². The molecule has 1 atom stereocenters. The molecule has 106 valence electrons. The molecule has 0 radical (unpaired) electrons. The van der Waals surface area contributed by atoms with Gasteiger partial charge in [-0.3, -0.25) is 0 Å². The van der Waals surface area contributed by atoms with Crippen LogP contribution in [-0.2, 0) is 6.42 Å². The quantitative estimate of drug-likeness (QED) is 0.580. The van der Waals surface area contributed by atoms with Crippen LogP contribution in [-0.4, -0.2) is 42.0 Å². The van der Waals surface area contributed by atoms with Crippen molar-refractivity contribution in [3.63, 3.8) is 0 Å². The Morgan fingerprint density at radius 3 is 2.74 bits per heavy atom. The Balaban J connectivity index is 1.60. The summed E-state index contributed by atoms with van der Waals surface area (Å²) >= 11 is 0. The van der Waals surface area contributed by atoms with Crippen molar-refractivity contribution in [2.45, 2.75) is 31.3 Å². The summed E-state index contributed by atoms with van der Waals surface area (Å²) in [7, 11) is 0. The second-order valence-corrected chi connectivity index (χ2v) is 5.45. The Kier molecular flexibility index (Phi) is 5.19. The van der Waals surface area contributed by atoms with Gasteiger partial charge in [-0.15, -0.1) is 0 Å². The van der Waals surface area contributed by atoms with E-state index in [1.807, 2.05) is 12.1 Å². The van der Waals surface area contributed by atoms with E-state index in [4.69, 9.17) is 0 Å². The average molecular weight is 264 g/mol. The molecule has 1 aliphatic rings. The van der Waals surface area contributed by atoms with Crippen LogP contribution in [0.4, 0.5) is 0 Å². The van der Waals surface area contributed by atoms with Gasteiger partial charge in [0.2, 0.25) is 0 Å². The number of aromatic hydroxyl groups is 1. The standard InChI is InChI=1S/C15H24N2O2/c18-14-6-4-13(5-7-14)3-1-9-16-11-15(19)8-2-10-17-12-15/h4-7,16-19H,1-3,8-12H2/t15-/m0/s1. The van der Waals surface area contributed by atoms with Gasteiger partial charge >= 0.3 is 0 Å². The van der Waals surface area contributed by atoms with Crippen molar-refractivity contribution >= 4 is 0 Å². The molecule has 1 aliphatic heterocycles. The molecule has 0 bridgehead atoms. The fourth-order valence-corrected chi connectivity index (χ4v) is 2.50. The summed E-state index contributed by atoms with van der Waals surface area (Å²) in [4.78, 5) is 0. The molecule has 1 heterocycles. The lowest BCUT2D eigenvalue weighted by Crippen LogP contribution is -2.52. The van der Waals surface area contributed by atoms with E-state index >= 15 is 0 Å². The van der Waals surface area contributed by atoms with E-state index in [0.29, 0.717) is 18.8 Å². The lowest BCUT2D eigenvalue weighted by molar-refractivity contribution is 0.0173. The first-order chi connectivity index (χ1) is 9.18. The van der Waals surface area contributed by atoms with E-state index in [1.54, 1.807) is 12.1 Å². The number of phenols is 1. The van der Waals surface area contributed by atoms with Crippen molar-refractivity contribution in [2.75, 3.05) is 26.2 Å². The van der Waals surface area contributed by atoms with Gasteiger partial charge in [0.25, 0.3) is 0 Å². The molecule has 19 heavy (non-hydrogen) atoms. The van der Waals surface area contributed by atoms with Crippen LogP contribution < -0.4 is 10.6 Å². The first kappa shape index (κ1) is 14.3. The van der Waals surface area contributed by atoms with Gasteiger partial charge in [-0.25, -0.2) is 0 Å². The number of piperidine rings is 1. The van der Waals surface area contributed by atoms with E-state index < -0.39 is 5.60 Å². The number of nitrogens with one attached hydrogen (secondary N) is 2. The topological polar surface area (TPSA) is 64.5 Å². The normalized spacial score (nSPS) is 23.4. The number of rotatable bonds is 6. The number of hydrogen-bond donors (Lipinski definition) is 4. The second-order valence-electron chi connectivity index (χ2n) is 5.45. The zero-order chi connectivity index (χ0) is 13.6. The molecular formula is C15H24N2O2. The molecule has 2 rings (SSSR count). The lowest BCUT2D eigenvalue weighted by Gasteiger charge is -2.32. The minimum Gasteiger partial charge on any atom is -0.508 e. The molecule has 0 amide bonds. The first-order valence-electron chi connectivity index (χ1n) is 7.10. The number of aryl methyl sites for hydroxylation is 1. The molecule has 1 aromatic carbocycles. The molecular weight excluding hydrogens is 240 g/mol. The highest BCUT2D eigenvalue weighted by Crippen LogP contribution is 2.14. The molecule has 1 fully saturated rings. The number of benzene rings is 1. The van der Waals surface area contributed by atoms with Gasteiger partial charge in [0, 0.05) is 13.1 Å². The van der Waals surface area contributed by atoms with Crippen LogP contribution in [0.15, 0.2) is 24.3 Å². The largest absolute Gasteiger partial charge is 0.508 e. The Morgan fingerprint density at radius 2 is 2.05 bits per heavy atom. The fourth-order valence-electron chi connectivity index (χ4n) is 2.50. The Hall–Kier alpha value is -1.10.